The van der Waals surface area contributed by atoms with Crippen LogP contribution in [-0.2, 0) is 14.8 Å². The maximum absolute atomic E-state index is 13.8. The molecule has 0 unspecified atom stereocenters. The van der Waals surface area contributed by atoms with Gasteiger partial charge in [0.15, 0.2) is 11.6 Å². The Morgan fingerprint density at radius 1 is 1.33 bits per heavy atom. The molecule has 0 heterocycles. The molecule has 21 heavy (non-hydrogen) atoms. The van der Waals surface area contributed by atoms with Gasteiger partial charge in [-0.2, -0.15) is 0 Å². The second kappa shape index (κ2) is 7.37. The Labute approximate surface area is 123 Å². The predicted octanol–water partition coefficient (Wildman–Crippen LogP) is 1.03. The fourth-order valence-corrected chi connectivity index (χ4v) is 2.55. The number of carbonyl (C=O) groups is 1. The molecule has 0 aliphatic rings. The zero-order valence-corrected chi connectivity index (χ0v) is 13.0. The van der Waals surface area contributed by atoms with Gasteiger partial charge in [0, 0.05) is 20.0 Å². The number of halogens is 1. The molecule has 2 N–H and O–H groups in total. The van der Waals surface area contributed by atoms with Gasteiger partial charge in [0.05, 0.1) is 11.0 Å². The van der Waals surface area contributed by atoms with Crippen molar-refractivity contribution in [2.45, 2.75) is 31.8 Å². The first kappa shape index (κ1) is 17.4. The summed E-state index contributed by atoms with van der Waals surface area (Å²) in [5, 5.41) is 2.45. The lowest BCUT2D eigenvalue weighted by Crippen LogP contribution is -2.33. The molecule has 0 radical (unpaired) electrons. The average Bonchev–Trinajstić information content (AvgIpc) is 2.36. The van der Waals surface area contributed by atoms with Crippen LogP contribution < -0.4 is 14.8 Å². The van der Waals surface area contributed by atoms with Crippen LogP contribution in [0.3, 0.4) is 0 Å². The number of amides is 1. The van der Waals surface area contributed by atoms with Gasteiger partial charge in [-0.25, -0.2) is 17.5 Å². The number of hydrogen-bond acceptors (Lipinski definition) is 4. The van der Waals surface area contributed by atoms with Gasteiger partial charge in [0.25, 0.3) is 0 Å². The predicted molar refractivity (Wildman–Crippen MR) is 76.0 cm³/mol. The summed E-state index contributed by atoms with van der Waals surface area (Å²) in [6, 6.07) is 3.44. The SMILES string of the molecule is CC(=O)NCCNS(=O)(=O)c1ccc(OC(C)C)c(F)c1. The van der Waals surface area contributed by atoms with Crippen molar-refractivity contribution in [3.05, 3.63) is 24.0 Å². The van der Waals surface area contributed by atoms with E-state index >= 15 is 0 Å². The zero-order chi connectivity index (χ0) is 16.0. The minimum absolute atomic E-state index is 0.00203. The number of rotatable bonds is 7. The summed E-state index contributed by atoms with van der Waals surface area (Å²) >= 11 is 0. The van der Waals surface area contributed by atoms with E-state index in [2.05, 4.69) is 10.0 Å². The van der Waals surface area contributed by atoms with E-state index in [4.69, 9.17) is 4.74 Å². The Bertz CT molecular complexity index is 602. The molecule has 0 aromatic heterocycles. The summed E-state index contributed by atoms with van der Waals surface area (Å²) in [7, 11) is -3.82. The first-order valence-electron chi connectivity index (χ1n) is 6.42. The molecule has 1 amide bonds. The van der Waals surface area contributed by atoms with Crippen LogP contribution in [0, 0.1) is 5.82 Å². The molecule has 0 atom stereocenters. The summed E-state index contributed by atoms with van der Waals surface area (Å²) in [5.74, 6) is -0.994. The third kappa shape index (κ3) is 5.68. The summed E-state index contributed by atoms with van der Waals surface area (Å²) in [6.45, 7) is 5.00. The number of benzene rings is 1. The quantitative estimate of drug-likeness (QED) is 0.735. The van der Waals surface area contributed by atoms with Gasteiger partial charge in [0.2, 0.25) is 15.9 Å². The van der Waals surface area contributed by atoms with Crippen LogP contribution in [0.25, 0.3) is 0 Å². The van der Waals surface area contributed by atoms with Crippen molar-refractivity contribution in [1.29, 1.82) is 0 Å². The lowest BCUT2D eigenvalue weighted by atomic mass is 10.3. The van der Waals surface area contributed by atoms with Crippen molar-refractivity contribution in [3.8, 4) is 5.75 Å². The number of ether oxygens (including phenoxy) is 1. The van der Waals surface area contributed by atoms with Gasteiger partial charge >= 0.3 is 0 Å². The fourth-order valence-electron chi connectivity index (χ4n) is 1.51. The molecule has 6 nitrogen and oxygen atoms in total. The van der Waals surface area contributed by atoms with Crippen LogP contribution in [-0.4, -0.2) is 33.5 Å². The molecule has 118 valence electrons. The maximum atomic E-state index is 13.8. The Morgan fingerprint density at radius 2 is 2.00 bits per heavy atom. The van der Waals surface area contributed by atoms with Gasteiger partial charge in [-0.1, -0.05) is 0 Å². The standard InChI is InChI=1S/C13H19FN2O4S/c1-9(2)20-13-5-4-11(8-12(13)14)21(18,19)16-7-6-15-10(3)17/h4-5,8-9,16H,6-7H2,1-3H3,(H,15,17). The second-order valence-electron chi connectivity index (χ2n) is 4.64. The van der Waals surface area contributed by atoms with Crippen LogP contribution in [0.5, 0.6) is 5.75 Å². The van der Waals surface area contributed by atoms with Crippen LogP contribution in [0.4, 0.5) is 4.39 Å². The third-order valence-electron chi connectivity index (χ3n) is 2.37. The summed E-state index contributed by atoms with van der Waals surface area (Å²) < 4.78 is 45.1. The van der Waals surface area contributed by atoms with Crippen LogP contribution in [0.1, 0.15) is 20.8 Å². The smallest absolute Gasteiger partial charge is 0.240 e. The van der Waals surface area contributed by atoms with E-state index in [1.54, 1.807) is 13.8 Å². The van der Waals surface area contributed by atoms with Gasteiger partial charge in [-0.05, 0) is 32.0 Å². The third-order valence-corrected chi connectivity index (χ3v) is 3.83. The van der Waals surface area contributed by atoms with E-state index in [-0.39, 0.29) is 35.7 Å². The molecule has 0 aliphatic heterocycles. The van der Waals surface area contributed by atoms with Crippen molar-refractivity contribution < 1.29 is 22.3 Å². The molecular formula is C13H19FN2O4S. The molecule has 1 aromatic carbocycles. The lowest BCUT2D eigenvalue weighted by molar-refractivity contribution is -0.118. The van der Waals surface area contributed by atoms with Crippen molar-refractivity contribution >= 4 is 15.9 Å². The average molecular weight is 318 g/mol. The highest BCUT2D eigenvalue weighted by atomic mass is 32.2. The Kier molecular flexibility index (Phi) is 6.10. The van der Waals surface area contributed by atoms with Gasteiger partial charge < -0.3 is 10.1 Å². The van der Waals surface area contributed by atoms with Crippen LogP contribution in [0.2, 0.25) is 0 Å². The largest absolute Gasteiger partial charge is 0.488 e. The highest BCUT2D eigenvalue weighted by Crippen LogP contribution is 2.21. The monoisotopic (exact) mass is 318 g/mol. The van der Waals surface area contributed by atoms with Gasteiger partial charge in [-0.15, -0.1) is 0 Å². The first-order chi connectivity index (χ1) is 9.72. The van der Waals surface area contributed by atoms with E-state index in [0.29, 0.717) is 0 Å². The molecule has 1 aromatic rings. The normalized spacial score (nSPS) is 11.5. The molecule has 0 saturated heterocycles. The van der Waals surface area contributed by atoms with Crippen molar-refractivity contribution in [3.63, 3.8) is 0 Å². The van der Waals surface area contributed by atoms with Crippen molar-refractivity contribution in [2.75, 3.05) is 13.1 Å². The minimum atomic E-state index is -3.82. The van der Waals surface area contributed by atoms with E-state index < -0.39 is 15.8 Å². The first-order valence-corrected chi connectivity index (χ1v) is 7.91. The van der Waals surface area contributed by atoms with E-state index in [0.717, 1.165) is 6.07 Å². The zero-order valence-electron chi connectivity index (χ0n) is 12.1. The Hall–Kier alpha value is -1.67. The van der Waals surface area contributed by atoms with Gasteiger partial charge in [-0.3, -0.25) is 4.79 Å². The van der Waals surface area contributed by atoms with Crippen molar-refractivity contribution in [1.82, 2.24) is 10.0 Å². The Balaban J connectivity index is 2.75. The fraction of sp³-hybridized carbons (Fsp3) is 0.462. The summed E-state index contributed by atoms with van der Waals surface area (Å²) in [6.07, 6.45) is -0.210. The van der Waals surface area contributed by atoms with E-state index in [1.165, 1.54) is 19.1 Å². The van der Waals surface area contributed by atoms with E-state index in [1.807, 2.05) is 0 Å². The maximum Gasteiger partial charge on any atom is 0.240 e. The van der Waals surface area contributed by atoms with Crippen LogP contribution in [0.15, 0.2) is 23.1 Å². The van der Waals surface area contributed by atoms with Gasteiger partial charge in [0.1, 0.15) is 0 Å². The summed E-state index contributed by atoms with van der Waals surface area (Å²) in [4.78, 5) is 10.5. The number of hydrogen-bond donors (Lipinski definition) is 2. The van der Waals surface area contributed by atoms with Crippen molar-refractivity contribution in [2.24, 2.45) is 0 Å². The molecule has 8 heteroatoms. The molecule has 0 bridgehead atoms. The molecule has 0 spiro atoms. The lowest BCUT2D eigenvalue weighted by Gasteiger charge is -2.12. The highest BCUT2D eigenvalue weighted by Gasteiger charge is 2.16. The molecular weight excluding hydrogens is 299 g/mol. The molecule has 0 saturated carbocycles. The number of carbonyl (C=O) groups excluding carboxylic acids is 1. The second-order valence-corrected chi connectivity index (χ2v) is 6.41. The van der Waals surface area contributed by atoms with E-state index in [9.17, 15) is 17.6 Å². The Morgan fingerprint density at radius 3 is 2.52 bits per heavy atom. The molecule has 0 aliphatic carbocycles. The van der Waals surface area contributed by atoms with Crippen LogP contribution >= 0.6 is 0 Å². The topological polar surface area (TPSA) is 84.5 Å². The highest BCUT2D eigenvalue weighted by molar-refractivity contribution is 7.89. The number of sulfonamides is 1. The molecule has 0 fully saturated rings. The minimum Gasteiger partial charge on any atom is -0.488 e. The number of nitrogens with one attached hydrogen (secondary N) is 2. The summed E-state index contributed by atoms with van der Waals surface area (Å²) in [5.41, 5.74) is 0. The molecule has 1 rings (SSSR count).